The molecule has 1 aromatic heterocycles. The highest BCUT2D eigenvalue weighted by atomic mass is 35.5. The van der Waals surface area contributed by atoms with E-state index in [4.69, 9.17) is 32.7 Å². The van der Waals surface area contributed by atoms with Gasteiger partial charge in [-0.15, -0.1) is 0 Å². The average Bonchev–Trinajstić information content (AvgIpc) is 3.39. The normalized spacial score (nSPS) is 16.9. The van der Waals surface area contributed by atoms with Gasteiger partial charge in [0.25, 0.3) is 0 Å². The molecule has 0 amide bonds. The predicted molar refractivity (Wildman–Crippen MR) is 117 cm³/mol. The van der Waals surface area contributed by atoms with Crippen molar-refractivity contribution in [2.45, 2.75) is 13.1 Å². The zero-order valence-corrected chi connectivity index (χ0v) is 17.9. The molecule has 6 nitrogen and oxygen atoms in total. The lowest BCUT2D eigenvalue weighted by Crippen LogP contribution is -2.45. The van der Waals surface area contributed by atoms with Crippen LogP contribution < -0.4 is 9.47 Å². The minimum absolute atomic E-state index is 0.314. The fourth-order valence-corrected chi connectivity index (χ4v) is 4.50. The van der Waals surface area contributed by atoms with Crippen LogP contribution in [0.2, 0.25) is 10.0 Å². The van der Waals surface area contributed by atoms with Gasteiger partial charge in [-0.25, -0.2) is 0 Å². The lowest BCUT2D eigenvalue weighted by Gasteiger charge is -2.34. The Bertz CT molecular complexity index is 1050. The maximum atomic E-state index is 6.40. The quantitative estimate of drug-likeness (QED) is 0.630. The van der Waals surface area contributed by atoms with Crippen LogP contribution in [0.4, 0.5) is 0 Å². The first-order valence-electron chi connectivity index (χ1n) is 9.96. The second kappa shape index (κ2) is 8.47. The van der Waals surface area contributed by atoms with E-state index >= 15 is 0 Å². The van der Waals surface area contributed by atoms with Crippen molar-refractivity contribution in [2.75, 3.05) is 33.0 Å². The number of halogens is 2. The van der Waals surface area contributed by atoms with Crippen LogP contribution in [0.1, 0.15) is 11.1 Å². The highest BCUT2D eigenvalue weighted by Gasteiger charge is 2.21. The molecule has 30 heavy (non-hydrogen) atoms. The third-order valence-corrected chi connectivity index (χ3v) is 6.17. The minimum Gasteiger partial charge on any atom is -0.454 e. The van der Waals surface area contributed by atoms with E-state index < -0.39 is 0 Å². The molecule has 3 heterocycles. The third kappa shape index (κ3) is 4.14. The number of H-pyrrole nitrogens is 1. The Morgan fingerprint density at radius 3 is 2.47 bits per heavy atom. The first kappa shape index (κ1) is 19.7. The largest absolute Gasteiger partial charge is 0.454 e. The van der Waals surface area contributed by atoms with Crippen molar-refractivity contribution >= 4 is 23.2 Å². The number of hydrogen-bond acceptors (Lipinski definition) is 5. The van der Waals surface area contributed by atoms with Crippen molar-refractivity contribution in [1.82, 2.24) is 20.0 Å². The number of fused-ring (bicyclic) bond motifs is 1. The van der Waals surface area contributed by atoms with Gasteiger partial charge in [-0.2, -0.15) is 5.10 Å². The predicted octanol–water partition coefficient (Wildman–Crippen LogP) is 4.43. The molecule has 156 valence electrons. The zero-order valence-electron chi connectivity index (χ0n) is 16.4. The summed E-state index contributed by atoms with van der Waals surface area (Å²) in [7, 11) is 0. The number of ether oxygens (including phenoxy) is 2. The van der Waals surface area contributed by atoms with Crippen molar-refractivity contribution in [2.24, 2.45) is 0 Å². The fraction of sp³-hybridized carbons (Fsp3) is 0.318. The number of aromatic amines is 1. The van der Waals surface area contributed by atoms with Gasteiger partial charge in [0, 0.05) is 55.4 Å². The van der Waals surface area contributed by atoms with Gasteiger partial charge < -0.3 is 9.47 Å². The maximum absolute atomic E-state index is 6.40. The van der Waals surface area contributed by atoms with Gasteiger partial charge in [0.15, 0.2) is 11.5 Å². The van der Waals surface area contributed by atoms with Crippen molar-refractivity contribution in [3.63, 3.8) is 0 Å². The molecule has 0 saturated carbocycles. The van der Waals surface area contributed by atoms with Crippen molar-refractivity contribution in [3.8, 4) is 22.8 Å². The molecule has 8 heteroatoms. The van der Waals surface area contributed by atoms with Crippen LogP contribution in [-0.4, -0.2) is 53.0 Å². The summed E-state index contributed by atoms with van der Waals surface area (Å²) >= 11 is 12.4. The van der Waals surface area contributed by atoms with E-state index in [9.17, 15) is 0 Å². The number of nitrogens with zero attached hydrogens (tertiary/aromatic N) is 3. The highest BCUT2D eigenvalue weighted by Crippen LogP contribution is 2.33. The molecular formula is C22H22Cl2N4O2. The van der Waals surface area contributed by atoms with Crippen molar-refractivity contribution in [1.29, 1.82) is 0 Å². The van der Waals surface area contributed by atoms with Gasteiger partial charge in [0.1, 0.15) is 0 Å². The number of rotatable bonds is 5. The summed E-state index contributed by atoms with van der Waals surface area (Å²) in [5, 5.41) is 8.60. The van der Waals surface area contributed by atoms with Crippen molar-refractivity contribution in [3.05, 3.63) is 63.8 Å². The van der Waals surface area contributed by atoms with E-state index in [1.54, 1.807) is 6.07 Å². The van der Waals surface area contributed by atoms with Gasteiger partial charge in [0.2, 0.25) is 6.79 Å². The molecule has 0 unspecified atom stereocenters. The van der Waals surface area contributed by atoms with Crippen LogP contribution in [0, 0.1) is 0 Å². The molecule has 2 aliphatic heterocycles. The standard InChI is InChI=1S/C22H22Cl2N4O2/c23-17-2-3-18(19(24)10-17)22-16(11-25-26-22)13-28-7-5-27(6-8-28)12-15-1-4-20-21(9-15)30-14-29-20/h1-4,9-11H,5-8,12-14H2,(H,25,26). The second-order valence-electron chi connectivity index (χ2n) is 7.63. The van der Waals surface area contributed by atoms with Crippen LogP contribution >= 0.6 is 23.2 Å². The molecule has 0 radical (unpaired) electrons. The van der Waals surface area contributed by atoms with Gasteiger partial charge in [-0.3, -0.25) is 14.9 Å². The monoisotopic (exact) mass is 444 g/mol. The third-order valence-electron chi connectivity index (χ3n) is 5.62. The van der Waals surface area contributed by atoms with E-state index in [2.05, 4.69) is 32.1 Å². The maximum Gasteiger partial charge on any atom is 0.231 e. The summed E-state index contributed by atoms with van der Waals surface area (Å²) in [6.45, 7) is 6.11. The van der Waals surface area contributed by atoms with Crippen LogP contribution in [0.15, 0.2) is 42.6 Å². The van der Waals surface area contributed by atoms with E-state index in [0.29, 0.717) is 16.8 Å². The van der Waals surface area contributed by atoms with Crippen LogP contribution in [0.25, 0.3) is 11.3 Å². The number of piperazine rings is 1. The molecule has 0 bridgehead atoms. The lowest BCUT2D eigenvalue weighted by atomic mass is 10.1. The molecular weight excluding hydrogens is 423 g/mol. The van der Waals surface area contributed by atoms with E-state index in [1.807, 2.05) is 24.4 Å². The molecule has 2 aromatic carbocycles. The Morgan fingerprint density at radius 1 is 0.900 bits per heavy atom. The summed E-state index contributed by atoms with van der Waals surface area (Å²) < 4.78 is 10.9. The highest BCUT2D eigenvalue weighted by molar-refractivity contribution is 6.36. The van der Waals surface area contributed by atoms with Crippen LogP contribution in [0.3, 0.4) is 0 Å². The second-order valence-corrected chi connectivity index (χ2v) is 8.48. The topological polar surface area (TPSA) is 53.6 Å². The number of aromatic nitrogens is 2. The number of benzene rings is 2. The fourth-order valence-electron chi connectivity index (χ4n) is 4.00. The number of nitrogens with one attached hydrogen (secondary N) is 1. The molecule has 1 N–H and O–H groups in total. The molecule has 0 atom stereocenters. The smallest absolute Gasteiger partial charge is 0.231 e. The van der Waals surface area contributed by atoms with E-state index in [-0.39, 0.29) is 0 Å². The Hall–Kier alpha value is -2.25. The Kier molecular flexibility index (Phi) is 5.56. The molecule has 1 fully saturated rings. The summed E-state index contributed by atoms with van der Waals surface area (Å²) in [4.78, 5) is 4.93. The number of hydrogen-bond donors (Lipinski definition) is 1. The van der Waals surface area contributed by atoms with Crippen LogP contribution in [0.5, 0.6) is 11.5 Å². The van der Waals surface area contributed by atoms with Crippen LogP contribution in [-0.2, 0) is 13.1 Å². The lowest BCUT2D eigenvalue weighted by molar-refractivity contribution is 0.122. The van der Waals surface area contributed by atoms with Crippen molar-refractivity contribution < 1.29 is 9.47 Å². The Balaban J connectivity index is 1.20. The average molecular weight is 445 g/mol. The molecule has 0 aliphatic carbocycles. The van der Waals surface area contributed by atoms with Gasteiger partial charge in [-0.1, -0.05) is 29.3 Å². The van der Waals surface area contributed by atoms with E-state index in [0.717, 1.165) is 67.6 Å². The molecule has 3 aromatic rings. The van der Waals surface area contributed by atoms with Gasteiger partial charge in [-0.05, 0) is 35.9 Å². The summed E-state index contributed by atoms with van der Waals surface area (Å²) in [6, 6.07) is 11.7. The summed E-state index contributed by atoms with van der Waals surface area (Å²) in [6.07, 6.45) is 1.89. The van der Waals surface area contributed by atoms with E-state index in [1.165, 1.54) is 5.56 Å². The Morgan fingerprint density at radius 2 is 1.67 bits per heavy atom. The van der Waals surface area contributed by atoms with Gasteiger partial charge >= 0.3 is 0 Å². The Labute approximate surface area is 185 Å². The summed E-state index contributed by atoms with van der Waals surface area (Å²) in [5.41, 5.74) is 4.28. The molecule has 1 saturated heterocycles. The minimum atomic E-state index is 0.314. The van der Waals surface area contributed by atoms with Gasteiger partial charge in [0.05, 0.1) is 16.9 Å². The zero-order chi connectivity index (χ0) is 20.5. The molecule has 2 aliphatic rings. The first-order valence-corrected chi connectivity index (χ1v) is 10.7. The SMILES string of the molecule is Clc1ccc(-c2[nH]ncc2CN2CCN(Cc3ccc4c(c3)OCO4)CC2)c(Cl)c1. The molecule has 5 rings (SSSR count). The first-order chi connectivity index (χ1) is 14.7. The summed E-state index contributed by atoms with van der Waals surface area (Å²) in [5.74, 6) is 1.68. The molecule has 0 spiro atoms.